The van der Waals surface area contributed by atoms with Crippen molar-refractivity contribution in [1.82, 2.24) is 9.43 Å². The molecule has 0 fully saturated rings. The highest BCUT2D eigenvalue weighted by atomic mass is 35.5. The van der Waals surface area contributed by atoms with Crippen LogP contribution in [0.2, 0.25) is 0 Å². The monoisotopic (exact) mass is 300 g/mol. The van der Waals surface area contributed by atoms with Crippen LogP contribution in [0.4, 0.5) is 0 Å². The summed E-state index contributed by atoms with van der Waals surface area (Å²) in [7, 11) is 0. The number of hydrogen-bond acceptors (Lipinski definition) is 5. The normalized spacial score (nSPS) is 17.6. The van der Waals surface area contributed by atoms with Crippen molar-refractivity contribution in [2.75, 3.05) is 6.67 Å². The van der Waals surface area contributed by atoms with E-state index in [2.05, 4.69) is 10.3 Å². The molecular weight excluding hydrogens is 287 g/mol. The Kier molecular flexibility index (Phi) is 4.61. The van der Waals surface area contributed by atoms with Crippen LogP contribution < -0.4 is 0 Å². The Labute approximate surface area is 121 Å². The molecule has 7 heteroatoms. The van der Waals surface area contributed by atoms with E-state index < -0.39 is 11.5 Å². The fourth-order valence-corrected chi connectivity index (χ4v) is 2.48. The zero-order chi connectivity index (χ0) is 13.8. The summed E-state index contributed by atoms with van der Waals surface area (Å²) >= 11 is 12.1. The molecule has 5 nitrogen and oxygen atoms in total. The summed E-state index contributed by atoms with van der Waals surface area (Å²) in [4.78, 5) is 11.2. The third-order valence-corrected chi connectivity index (χ3v) is 3.68. The number of nitroso groups, excluding NO2 is 1. The number of hydrazone groups is 1. The highest BCUT2D eigenvalue weighted by Gasteiger charge is 2.31. The van der Waals surface area contributed by atoms with Crippen molar-refractivity contribution in [2.24, 2.45) is 10.3 Å². The molecule has 0 radical (unpaired) electrons. The van der Waals surface area contributed by atoms with Crippen LogP contribution in [-0.2, 0) is 6.42 Å². The lowest BCUT2D eigenvalue weighted by Crippen LogP contribution is -2.32. The van der Waals surface area contributed by atoms with E-state index in [0.717, 1.165) is 17.5 Å². The lowest BCUT2D eigenvalue weighted by molar-refractivity contribution is 0.232. The maximum absolute atomic E-state index is 11.2. The number of rotatable bonds is 5. The standard InChI is InChI=1S/C12H14Cl2N4O/c1-2-9-5-3-4-6-10(9)11(16-19)12(13)18-8-17(14)7-15-18/h3-7,11-12H,2,8H2,1H3. The SMILES string of the molecule is CCc1ccccc1C(N=O)C(Cl)N1CN(Cl)C=N1. The van der Waals surface area contributed by atoms with Gasteiger partial charge in [0.05, 0.1) is 0 Å². The first-order valence-electron chi connectivity index (χ1n) is 5.95. The molecule has 19 heavy (non-hydrogen) atoms. The van der Waals surface area contributed by atoms with Gasteiger partial charge in [-0.05, 0) is 17.5 Å². The van der Waals surface area contributed by atoms with Crippen molar-refractivity contribution in [3.8, 4) is 0 Å². The zero-order valence-electron chi connectivity index (χ0n) is 10.4. The number of aryl methyl sites for hydroxylation is 1. The Morgan fingerprint density at radius 2 is 2.21 bits per heavy atom. The summed E-state index contributed by atoms with van der Waals surface area (Å²) in [6.45, 7) is 2.36. The van der Waals surface area contributed by atoms with E-state index in [0.29, 0.717) is 6.67 Å². The molecule has 0 N–H and O–H groups in total. The van der Waals surface area contributed by atoms with E-state index in [-0.39, 0.29) is 0 Å². The molecule has 1 heterocycles. The average molecular weight is 301 g/mol. The van der Waals surface area contributed by atoms with Gasteiger partial charge < -0.3 is 0 Å². The molecule has 0 aliphatic carbocycles. The summed E-state index contributed by atoms with van der Waals surface area (Å²) < 4.78 is 1.36. The summed E-state index contributed by atoms with van der Waals surface area (Å²) in [6.07, 6.45) is 2.27. The number of nitrogens with zero attached hydrogens (tertiary/aromatic N) is 4. The molecule has 0 aromatic heterocycles. The molecule has 0 amide bonds. The maximum Gasteiger partial charge on any atom is 0.153 e. The van der Waals surface area contributed by atoms with Crippen molar-refractivity contribution < 1.29 is 0 Å². The van der Waals surface area contributed by atoms with Crippen LogP contribution in [0, 0.1) is 4.91 Å². The maximum atomic E-state index is 11.2. The Balaban J connectivity index is 2.24. The molecule has 102 valence electrons. The number of benzene rings is 1. The van der Waals surface area contributed by atoms with Gasteiger partial charge in [0.1, 0.15) is 13.0 Å². The molecule has 1 aromatic rings. The third kappa shape index (κ3) is 2.98. The topological polar surface area (TPSA) is 48.3 Å². The Morgan fingerprint density at radius 1 is 1.47 bits per heavy atom. The molecule has 1 aliphatic heterocycles. The van der Waals surface area contributed by atoms with E-state index >= 15 is 0 Å². The van der Waals surface area contributed by atoms with Crippen molar-refractivity contribution in [3.63, 3.8) is 0 Å². The molecule has 0 saturated heterocycles. The third-order valence-electron chi connectivity index (χ3n) is 3.02. The predicted molar refractivity (Wildman–Crippen MR) is 76.9 cm³/mol. The van der Waals surface area contributed by atoms with Crippen LogP contribution in [-0.4, -0.2) is 27.9 Å². The van der Waals surface area contributed by atoms with Gasteiger partial charge in [-0.1, -0.05) is 48.0 Å². The second kappa shape index (κ2) is 6.21. The van der Waals surface area contributed by atoms with Crippen LogP contribution in [0.15, 0.2) is 34.5 Å². The van der Waals surface area contributed by atoms with Crippen molar-refractivity contribution in [3.05, 3.63) is 40.3 Å². The lowest BCUT2D eigenvalue weighted by Gasteiger charge is -2.25. The van der Waals surface area contributed by atoms with Crippen LogP contribution in [0.25, 0.3) is 0 Å². The highest BCUT2D eigenvalue weighted by Crippen LogP contribution is 2.31. The Bertz CT molecular complexity index is 483. The smallest absolute Gasteiger partial charge is 0.153 e. The van der Waals surface area contributed by atoms with Crippen molar-refractivity contribution >= 4 is 29.7 Å². The van der Waals surface area contributed by atoms with E-state index in [9.17, 15) is 4.91 Å². The predicted octanol–water partition coefficient (Wildman–Crippen LogP) is 3.29. The molecule has 0 bridgehead atoms. The van der Waals surface area contributed by atoms with Crippen LogP contribution in [0.3, 0.4) is 0 Å². The number of hydrogen-bond donors (Lipinski definition) is 0. The van der Waals surface area contributed by atoms with E-state index in [4.69, 9.17) is 23.4 Å². The minimum Gasteiger partial charge on any atom is -0.254 e. The number of alkyl halides is 1. The van der Waals surface area contributed by atoms with E-state index in [1.165, 1.54) is 15.8 Å². The zero-order valence-corrected chi connectivity index (χ0v) is 11.9. The fraction of sp³-hybridized carbons (Fsp3) is 0.417. The first kappa shape index (κ1) is 14.1. The summed E-state index contributed by atoms with van der Waals surface area (Å²) in [5.41, 5.74) is 1.23. The van der Waals surface area contributed by atoms with Crippen LogP contribution in [0.5, 0.6) is 0 Å². The quantitative estimate of drug-likeness (QED) is 0.363. The van der Waals surface area contributed by atoms with Gasteiger partial charge in [-0.25, -0.2) is 0 Å². The Hall–Kier alpha value is -1.33. The summed E-state index contributed by atoms with van der Waals surface area (Å²) in [5, 5.41) is 8.75. The molecule has 2 rings (SSSR count). The molecule has 2 atom stereocenters. The minimum atomic E-state index is -0.682. The van der Waals surface area contributed by atoms with Crippen molar-refractivity contribution in [1.29, 1.82) is 0 Å². The molecular formula is C12H14Cl2N4O. The van der Waals surface area contributed by atoms with Gasteiger partial charge in [-0.3, -0.25) is 9.43 Å². The van der Waals surface area contributed by atoms with Gasteiger partial charge in [-0.15, -0.1) is 0 Å². The van der Waals surface area contributed by atoms with Gasteiger partial charge in [-0.2, -0.15) is 10.0 Å². The second-order valence-electron chi connectivity index (χ2n) is 4.19. The lowest BCUT2D eigenvalue weighted by atomic mass is 9.99. The molecule has 0 saturated carbocycles. The minimum absolute atomic E-state index is 0.329. The van der Waals surface area contributed by atoms with E-state index in [1.54, 1.807) is 0 Å². The van der Waals surface area contributed by atoms with Gasteiger partial charge >= 0.3 is 0 Å². The average Bonchev–Trinajstić information content (AvgIpc) is 2.86. The van der Waals surface area contributed by atoms with Crippen LogP contribution in [0.1, 0.15) is 24.1 Å². The van der Waals surface area contributed by atoms with Crippen molar-refractivity contribution in [2.45, 2.75) is 24.9 Å². The largest absolute Gasteiger partial charge is 0.254 e. The first-order valence-corrected chi connectivity index (χ1v) is 6.72. The van der Waals surface area contributed by atoms with Crippen LogP contribution >= 0.6 is 23.4 Å². The summed E-state index contributed by atoms with van der Waals surface area (Å²) in [6, 6.07) is 6.97. The molecule has 1 aromatic carbocycles. The molecule has 2 unspecified atom stereocenters. The molecule has 0 spiro atoms. The van der Waals surface area contributed by atoms with Gasteiger partial charge in [0.2, 0.25) is 0 Å². The molecule has 1 aliphatic rings. The van der Waals surface area contributed by atoms with Gasteiger partial charge in [0.15, 0.2) is 11.5 Å². The van der Waals surface area contributed by atoms with E-state index in [1.807, 2.05) is 31.2 Å². The fourth-order valence-electron chi connectivity index (χ4n) is 2.04. The van der Waals surface area contributed by atoms with Gasteiger partial charge in [0.25, 0.3) is 0 Å². The Morgan fingerprint density at radius 3 is 2.79 bits per heavy atom. The number of halogens is 2. The highest BCUT2D eigenvalue weighted by molar-refractivity contribution is 6.21. The van der Waals surface area contributed by atoms with Gasteiger partial charge in [0, 0.05) is 11.8 Å². The summed E-state index contributed by atoms with van der Waals surface area (Å²) in [5.74, 6) is 0. The first-order chi connectivity index (χ1) is 9.17. The second-order valence-corrected chi connectivity index (χ2v) is 5.07.